The van der Waals surface area contributed by atoms with Crippen molar-refractivity contribution < 1.29 is 14.0 Å². The van der Waals surface area contributed by atoms with Crippen LogP contribution < -0.4 is 5.32 Å². The molecule has 1 aromatic heterocycles. The molecular weight excluding hydrogens is 409 g/mol. The summed E-state index contributed by atoms with van der Waals surface area (Å²) in [4.78, 5) is 38.8. The van der Waals surface area contributed by atoms with Gasteiger partial charge in [-0.15, -0.1) is 0 Å². The second-order valence-electron chi connectivity index (χ2n) is 9.20. The Morgan fingerprint density at radius 2 is 2.09 bits per heavy atom. The first kappa shape index (κ1) is 21.0. The van der Waals surface area contributed by atoms with Crippen molar-refractivity contribution in [2.24, 2.45) is 11.8 Å². The quantitative estimate of drug-likeness (QED) is 0.776. The molecule has 0 saturated carbocycles. The van der Waals surface area contributed by atoms with Gasteiger partial charge in [-0.3, -0.25) is 24.5 Å². The van der Waals surface area contributed by atoms with Crippen LogP contribution in [0.4, 0.5) is 4.39 Å². The van der Waals surface area contributed by atoms with Crippen molar-refractivity contribution in [3.63, 3.8) is 0 Å². The van der Waals surface area contributed by atoms with E-state index in [1.807, 2.05) is 11.0 Å². The second kappa shape index (κ2) is 8.94. The Kier molecular flexibility index (Phi) is 5.87. The molecule has 3 saturated heterocycles. The van der Waals surface area contributed by atoms with E-state index in [9.17, 15) is 14.0 Å². The zero-order valence-corrected chi connectivity index (χ0v) is 18.0. The Bertz CT molecular complexity index is 987. The van der Waals surface area contributed by atoms with Gasteiger partial charge in [0.15, 0.2) is 0 Å². The van der Waals surface area contributed by atoms with Gasteiger partial charge in [0.05, 0.1) is 18.4 Å². The number of nitrogens with zero attached hydrogens (tertiary/aromatic N) is 4. The summed E-state index contributed by atoms with van der Waals surface area (Å²) in [7, 11) is 0. The molecule has 4 atom stereocenters. The molecule has 32 heavy (non-hydrogen) atoms. The van der Waals surface area contributed by atoms with E-state index < -0.39 is 6.04 Å². The number of nitrogens with one attached hydrogen (secondary N) is 1. The highest BCUT2D eigenvalue weighted by atomic mass is 19.1. The van der Waals surface area contributed by atoms with E-state index in [4.69, 9.17) is 0 Å². The zero-order valence-electron chi connectivity index (χ0n) is 18.0. The average molecular weight is 438 g/mol. The van der Waals surface area contributed by atoms with Crippen LogP contribution in [0.3, 0.4) is 0 Å². The summed E-state index contributed by atoms with van der Waals surface area (Å²) in [6, 6.07) is 6.32. The maximum Gasteiger partial charge on any atom is 0.243 e. The molecule has 0 spiro atoms. The van der Waals surface area contributed by atoms with Gasteiger partial charge in [-0.25, -0.2) is 4.39 Å². The molecule has 3 aliphatic heterocycles. The van der Waals surface area contributed by atoms with Gasteiger partial charge >= 0.3 is 0 Å². The lowest BCUT2D eigenvalue weighted by atomic mass is 9.71. The van der Waals surface area contributed by atoms with Crippen LogP contribution in [-0.4, -0.2) is 56.8 Å². The smallest absolute Gasteiger partial charge is 0.243 e. The summed E-state index contributed by atoms with van der Waals surface area (Å²) >= 11 is 0. The van der Waals surface area contributed by atoms with Crippen LogP contribution in [0.25, 0.3) is 0 Å². The van der Waals surface area contributed by atoms with Gasteiger partial charge in [-0.1, -0.05) is 12.1 Å². The number of carbonyl (C=O) groups is 2. The summed E-state index contributed by atoms with van der Waals surface area (Å²) in [5, 5.41) is 2.99. The molecule has 3 fully saturated rings. The molecule has 1 aromatic carbocycles. The lowest BCUT2D eigenvalue weighted by Crippen LogP contribution is -2.68. The fraction of sp³-hybridized carbons (Fsp3) is 0.500. The maximum atomic E-state index is 13.7. The minimum atomic E-state index is -0.476. The molecule has 5 rings (SSSR count). The first-order valence-electron chi connectivity index (χ1n) is 11.4. The van der Waals surface area contributed by atoms with Crippen molar-refractivity contribution in [1.29, 1.82) is 0 Å². The Morgan fingerprint density at radius 3 is 2.91 bits per heavy atom. The number of piperidine rings is 3. The Morgan fingerprint density at radius 1 is 1.22 bits per heavy atom. The van der Waals surface area contributed by atoms with Gasteiger partial charge in [-0.05, 0) is 42.9 Å². The Balaban J connectivity index is 1.35. The summed E-state index contributed by atoms with van der Waals surface area (Å²) in [5.41, 5.74) is 1.62. The monoisotopic (exact) mass is 437 g/mol. The van der Waals surface area contributed by atoms with Crippen molar-refractivity contribution in [2.45, 2.75) is 50.9 Å². The van der Waals surface area contributed by atoms with Crippen molar-refractivity contribution in [3.8, 4) is 0 Å². The number of amides is 2. The van der Waals surface area contributed by atoms with Gasteiger partial charge in [-0.2, -0.15) is 0 Å². The molecule has 2 amide bonds. The molecule has 0 radical (unpaired) electrons. The van der Waals surface area contributed by atoms with Gasteiger partial charge in [0.2, 0.25) is 11.8 Å². The number of carbonyl (C=O) groups excluding carboxylic acids is 2. The van der Waals surface area contributed by atoms with Gasteiger partial charge < -0.3 is 10.2 Å². The van der Waals surface area contributed by atoms with E-state index >= 15 is 0 Å². The minimum absolute atomic E-state index is 0.0578. The fourth-order valence-corrected chi connectivity index (χ4v) is 5.82. The SMILES string of the molecule is O=C(NCc1cnccn1)[C@H]1[C@H]2C[C@H](CN(Cc3cccc(F)c3)C2)[C@@H]2CCCC(=O)N21. The second-order valence-corrected chi connectivity index (χ2v) is 9.20. The number of benzene rings is 1. The lowest BCUT2D eigenvalue weighted by molar-refractivity contribution is -0.160. The van der Waals surface area contributed by atoms with Gasteiger partial charge in [0, 0.05) is 50.4 Å². The molecule has 0 aliphatic carbocycles. The van der Waals surface area contributed by atoms with E-state index in [-0.39, 0.29) is 29.6 Å². The number of halogens is 1. The van der Waals surface area contributed by atoms with Gasteiger partial charge in [0.25, 0.3) is 0 Å². The van der Waals surface area contributed by atoms with E-state index in [0.717, 1.165) is 31.4 Å². The number of fused-ring (bicyclic) bond motifs is 4. The maximum absolute atomic E-state index is 13.7. The molecule has 1 N–H and O–H groups in total. The highest BCUT2D eigenvalue weighted by molar-refractivity contribution is 5.89. The molecule has 8 heteroatoms. The summed E-state index contributed by atoms with van der Waals surface area (Å²) in [6.07, 6.45) is 8.09. The summed E-state index contributed by atoms with van der Waals surface area (Å²) < 4.78 is 13.7. The molecule has 2 aromatic rings. The van der Waals surface area contributed by atoms with Crippen molar-refractivity contribution in [1.82, 2.24) is 25.1 Å². The van der Waals surface area contributed by atoms with Crippen LogP contribution in [0.15, 0.2) is 42.9 Å². The summed E-state index contributed by atoms with van der Waals surface area (Å²) in [5.74, 6) is 0.143. The third-order valence-electron chi connectivity index (χ3n) is 7.04. The van der Waals surface area contributed by atoms with Crippen molar-refractivity contribution in [2.75, 3.05) is 13.1 Å². The van der Waals surface area contributed by atoms with E-state index in [0.29, 0.717) is 37.7 Å². The molecule has 4 heterocycles. The highest BCUT2D eigenvalue weighted by Crippen LogP contribution is 2.42. The topological polar surface area (TPSA) is 78.4 Å². The highest BCUT2D eigenvalue weighted by Gasteiger charge is 2.51. The predicted molar refractivity (Wildman–Crippen MR) is 115 cm³/mol. The fourth-order valence-electron chi connectivity index (χ4n) is 5.82. The normalized spacial score (nSPS) is 27.7. The molecule has 168 valence electrons. The lowest BCUT2D eigenvalue weighted by Gasteiger charge is -2.55. The van der Waals surface area contributed by atoms with Crippen LogP contribution in [0, 0.1) is 17.7 Å². The average Bonchev–Trinajstić information content (AvgIpc) is 2.79. The van der Waals surface area contributed by atoms with Gasteiger partial charge in [0.1, 0.15) is 11.9 Å². The minimum Gasteiger partial charge on any atom is -0.349 e. The van der Waals surface area contributed by atoms with E-state index in [1.54, 1.807) is 30.7 Å². The summed E-state index contributed by atoms with van der Waals surface area (Å²) in [6.45, 7) is 2.53. The van der Waals surface area contributed by atoms with Crippen molar-refractivity contribution >= 4 is 11.8 Å². The first-order chi connectivity index (χ1) is 15.6. The predicted octanol–water partition coefficient (Wildman–Crippen LogP) is 2.13. The first-order valence-corrected chi connectivity index (χ1v) is 11.4. The number of likely N-dealkylation sites (tertiary alicyclic amines) is 1. The third-order valence-corrected chi connectivity index (χ3v) is 7.04. The van der Waals surface area contributed by atoms with Crippen LogP contribution >= 0.6 is 0 Å². The number of hydrogen-bond acceptors (Lipinski definition) is 5. The number of hydrogen-bond donors (Lipinski definition) is 1. The third kappa shape index (κ3) is 4.24. The molecule has 7 nitrogen and oxygen atoms in total. The molecule has 2 bridgehead atoms. The number of rotatable bonds is 5. The molecule has 3 aliphatic rings. The van der Waals surface area contributed by atoms with Crippen LogP contribution in [0.2, 0.25) is 0 Å². The standard InChI is InChI=1S/C24H28FN5O2/c25-19-4-1-3-16(9-19)13-29-14-17-10-18(15-29)23(30-21(17)5-2-6-22(30)31)24(32)28-12-20-11-26-7-8-27-20/h1,3-4,7-9,11,17-18,21,23H,2,5-6,10,12-15H2,(H,28,32)/t17-,18+,21+,23-/m1/s1. The van der Waals surface area contributed by atoms with E-state index in [1.165, 1.54) is 6.07 Å². The van der Waals surface area contributed by atoms with Crippen LogP contribution in [0.1, 0.15) is 36.9 Å². The van der Waals surface area contributed by atoms with E-state index in [2.05, 4.69) is 20.2 Å². The molecular formula is C24H28FN5O2. The molecule has 0 unspecified atom stereocenters. The van der Waals surface area contributed by atoms with Crippen LogP contribution in [0.5, 0.6) is 0 Å². The van der Waals surface area contributed by atoms with Crippen LogP contribution in [-0.2, 0) is 22.7 Å². The zero-order chi connectivity index (χ0) is 22.1. The Hall–Kier alpha value is -2.87. The largest absolute Gasteiger partial charge is 0.349 e. The number of aromatic nitrogens is 2. The Labute approximate surface area is 187 Å². The van der Waals surface area contributed by atoms with Crippen molar-refractivity contribution in [3.05, 3.63) is 59.9 Å².